The molecule has 2 N–H and O–H groups in total. The van der Waals surface area contributed by atoms with Crippen molar-refractivity contribution in [1.29, 1.82) is 0 Å². The van der Waals surface area contributed by atoms with Gasteiger partial charge in [0.15, 0.2) is 0 Å². The van der Waals surface area contributed by atoms with Gasteiger partial charge in [-0.3, -0.25) is 4.79 Å². The van der Waals surface area contributed by atoms with E-state index in [1.54, 1.807) is 0 Å². The lowest BCUT2D eigenvalue weighted by atomic mass is 10.4. The van der Waals surface area contributed by atoms with E-state index < -0.39 is 5.97 Å². The molecular formula is C7H10N2O2. The Bertz CT molecular complexity index is 258. The molecule has 60 valence electrons. The quantitative estimate of drug-likeness (QED) is 0.657. The molecule has 0 aromatic carbocycles. The summed E-state index contributed by atoms with van der Waals surface area (Å²) in [6.07, 6.45) is -0.0331. The van der Waals surface area contributed by atoms with Crippen LogP contribution in [0.5, 0.6) is 0 Å². The Hall–Kier alpha value is -1.32. The third-order valence-electron chi connectivity index (χ3n) is 1.50. The first-order valence-electron chi connectivity index (χ1n) is 3.33. The summed E-state index contributed by atoms with van der Waals surface area (Å²) in [6.45, 7) is 3.71. The van der Waals surface area contributed by atoms with Gasteiger partial charge in [0.2, 0.25) is 0 Å². The number of hydrogen-bond donors (Lipinski definition) is 2. The highest BCUT2D eigenvalue weighted by Gasteiger charge is 2.05. The minimum atomic E-state index is -0.862. The Morgan fingerprint density at radius 1 is 1.64 bits per heavy atom. The van der Waals surface area contributed by atoms with Gasteiger partial charge in [-0.2, -0.15) is 0 Å². The Balaban J connectivity index is 2.81. The van der Waals surface area contributed by atoms with Crippen LogP contribution < -0.4 is 0 Å². The maximum Gasteiger partial charge on any atom is 0.311 e. The van der Waals surface area contributed by atoms with E-state index in [-0.39, 0.29) is 6.42 Å². The molecule has 0 fully saturated rings. The highest BCUT2D eigenvalue weighted by molar-refractivity contribution is 5.69. The van der Waals surface area contributed by atoms with E-state index >= 15 is 0 Å². The van der Waals surface area contributed by atoms with Crippen molar-refractivity contribution in [3.05, 3.63) is 17.2 Å². The van der Waals surface area contributed by atoms with E-state index in [2.05, 4.69) is 9.97 Å². The van der Waals surface area contributed by atoms with Crippen molar-refractivity contribution < 1.29 is 9.90 Å². The number of aryl methyl sites for hydroxylation is 2. The largest absolute Gasteiger partial charge is 0.481 e. The van der Waals surface area contributed by atoms with Gasteiger partial charge in [0.25, 0.3) is 0 Å². The summed E-state index contributed by atoms with van der Waals surface area (Å²) in [5.74, 6) is -0.341. The van der Waals surface area contributed by atoms with Crippen LogP contribution in [0.4, 0.5) is 0 Å². The first-order valence-corrected chi connectivity index (χ1v) is 3.33. The molecule has 1 aromatic heterocycles. The number of H-pyrrole nitrogens is 1. The van der Waals surface area contributed by atoms with Gasteiger partial charge in [0.1, 0.15) is 12.2 Å². The number of carbonyl (C=O) groups is 1. The van der Waals surface area contributed by atoms with Gasteiger partial charge in [-0.15, -0.1) is 0 Å². The first kappa shape index (κ1) is 7.78. The monoisotopic (exact) mass is 154 g/mol. The van der Waals surface area contributed by atoms with E-state index in [0.29, 0.717) is 5.82 Å². The number of hydrogen-bond acceptors (Lipinski definition) is 2. The minimum Gasteiger partial charge on any atom is -0.481 e. The van der Waals surface area contributed by atoms with Crippen molar-refractivity contribution in [1.82, 2.24) is 9.97 Å². The molecule has 0 amide bonds. The molecule has 1 aromatic rings. The molecule has 11 heavy (non-hydrogen) atoms. The Labute approximate surface area is 64.3 Å². The highest BCUT2D eigenvalue weighted by Crippen LogP contribution is 2.02. The number of imidazole rings is 1. The van der Waals surface area contributed by atoms with Crippen LogP contribution in [0.25, 0.3) is 0 Å². The van der Waals surface area contributed by atoms with E-state index in [4.69, 9.17) is 5.11 Å². The molecule has 0 aliphatic rings. The molecule has 0 saturated carbocycles. The van der Waals surface area contributed by atoms with Gasteiger partial charge < -0.3 is 10.1 Å². The molecule has 4 nitrogen and oxygen atoms in total. The van der Waals surface area contributed by atoms with E-state index in [9.17, 15) is 4.79 Å². The number of aromatic nitrogens is 2. The zero-order valence-corrected chi connectivity index (χ0v) is 6.51. The lowest BCUT2D eigenvalue weighted by Gasteiger charge is -1.86. The van der Waals surface area contributed by atoms with Crippen LogP contribution >= 0.6 is 0 Å². The zero-order valence-electron chi connectivity index (χ0n) is 6.51. The standard InChI is InChI=1S/C7H10N2O2/c1-4-5(2)9-6(8-4)3-7(10)11/h3H2,1-2H3,(H,8,9)(H,10,11). The maximum absolute atomic E-state index is 10.2. The molecule has 0 aliphatic heterocycles. The second-order valence-electron chi connectivity index (χ2n) is 2.46. The van der Waals surface area contributed by atoms with Crippen LogP contribution in [0, 0.1) is 13.8 Å². The van der Waals surface area contributed by atoms with Gasteiger partial charge in [0, 0.05) is 5.69 Å². The van der Waals surface area contributed by atoms with E-state index in [1.807, 2.05) is 13.8 Å². The molecular weight excluding hydrogens is 144 g/mol. The summed E-state index contributed by atoms with van der Waals surface area (Å²) >= 11 is 0. The van der Waals surface area contributed by atoms with Crippen LogP contribution in [-0.2, 0) is 11.2 Å². The van der Waals surface area contributed by atoms with E-state index in [1.165, 1.54) is 0 Å². The average Bonchev–Trinajstić information content (AvgIpc) is 2.10. The van der Waals surface area contributed by atoms with Crippen LogP contribution in [0.2, 0.25) is 0 Å². The van der Waals surface area contributed by atoms with Crippen molar-refractivity contribution in [3.63, 3.8) is 0 Å². The normalized spacial score (nSPS) is 10.0. The van der Waals surface area contributed by atoms with Crippen LogP contribution in [-0.4, -0.2) is 21.0 Å². The van der Waals surface area contributed by atoms with Crippen LogP contribution in [0.3, 0.4) is 0 Å². The predicted octanol–water partition coefficient (Wildman–Crippen LogP) is 0.654. The molecule has 0 spiro atoms. The van der Waals surface area contributed by atoms with Crippen LogP contribution in [0.15, 0.2) is 0 Å². The minimum absolute atomic E-state index is 0.0331. The van der Waals surface area contributed by atoms with E-state index in [0.717, 1.165) is 11.4 Å². The van der Waals surface area contributed by atoms with Crippen molar-refractivity contribution in [2.75, 3.05) is 0 Å². The van der Waals surface area contributed by atoms with Crippen molar-refractivity contribution in [2.45, 2.75) is 20.3 Å². The summed E-state index contributed by atoms with van der Waals surface area (Å²) in [7, 11) is 0. The number of aliphatic carboxylic acids is 1. The van der Waals surface area contributed by atoms with Gasteiger partial charge in [-0.05, 0) is 13.8 Å². The average molecular weight is 154 g/mol. The second kappa shape index (κ2) is 2.74. The van der Waals surface area contributed by atoms with Crippen molar-refractivity contribution in [2.24, 2.45) is 0 Å². The molecule has 0 unspecified atom stereocenters. The summed E-state index contributed by atoms with van der Waals surface area (Å²) < 4.78 is 0. The fourth-order valence-electron chi connectivity index (χ4n) is 0.848. The summed E-state index contributed by atoms with van der Waals surface area (Å²) in [5.41, 5.74) is 1.79. The number of nitrogens with zero attached hydrogens (tertiary/aromatic N) is 1. The molecule has 4 heteroatoms. The fourth-order valence-corrected chi connectivity index (χ4v) is 0.848. The number of aromatic amines is 1. The predicted molar refractivity (Wildman–Crippen MR) is 39.4 cm³/mol. The van der Waals surface area contributed by atoms with Gasteiger partial charge >= 0.3 is 5.97 Å². The number of carboxylic acid groups (broad SMARTS) is 1. The number of rotatable bonds is 2. The Morgan fingerprint density at radius 3 is 2.64 bits per heavy atom. The Morgan fingerprint density at radius 2 is 2.27 bits per heavy atom. The Kier molecular flexibility index (Phi) is 1.94. The van der Waals surface area contributed by atoms with Crippen LogP contribution in [0.1, 0.15) is 17.2 Å². The summed E-state index contributed by atoms with van der Waals surface area (Å²) in [4.78, 5) is 17.1. The first-order chi connectivity index (χ1) is 5.09. The third kappa shape index (κ3) is 1.80. The zero-order chi connectivity index (χ0) is 8.43. The lowest BCUT2D eigenvalue weighted by Crippen LogP contribution is -2.01. The molecule has 0 radical (unpaired) electrons. The van der Waals surface area contributed by atoms with Gasteiger partial charge in [-0.25, -0.2) is 4.98 Å². The smallest absolute Gasteiger partial charge is 0.311 e. The fraction of sp³-hybridized carbons (Fsp3) is 0.429. The molecule has 0 saturated heterocycles. The third-order valence-corrected chi connectivity index (χ3v) is 1.50. The SMILES string of the molecule is Cc1nc(CC(=O)O)[nH]c1C. The van der Waals surface area contributed by atoms with Gasteiger partial charge in [-0.1, -0.05) is 0 Å². The van der Waals surface area contributed by atoms with Crippen molar-refractivity contribution in [3.8, 4) is 0 Å². The lowest BCUT2D eigenvalue weighted by molar-refractivity contribution is -0.136. The summed E-state index contributed by atoms with van der Waals surface area (Å²) in [5, 5.41) is 8.41. The summed E-state index contributed by atoms with van der Waals surface area (Å²) in [6, 6.07) is 0. The number of nitrogens with one attached hydrogen (secondary N) is 1. The molecule has 1 rings (SSSR count). The number of carboxylic acids is 1. The molecule has 0 atom stereocenters. The van der Waals surface area contributed by atoms with Crippen molar-refractivity contribution >= 4 is 5.97 Å². The molecule has 0 bridgehead atoms. The maximum atomic E-state index is 10.2. The highest BCUT2D eigenvalue weighted by atomic mass is 16.4. The molecule has 1 heterocycles. The topological polar surface area (TPSA) is 66.0 Å². The van der Waals surface area contributed by atoms with Gasteiger partial charge in [0.05, 0.1) is 5.69 Å². The molecule has 0 aliphatic carbocycles. The second-order valence-corrected chi connectivity index (χ2v) is 2.46.